The van der Waals surface area contributed by atoms with Crippen LogP contribution in [0.4, 0.5) is 0 Å². The number of aryl methyl sites for hydroxylation is 1. The van der Waals surface area contributed by atoms with E-state index >= 15 is 0 Å². The monoisotopic (exact) mass is 487 g/mol. The Kier molecular flexibility index (Phi) is 6.38. The van der Waals surface area contributed by atoms with Crippen LogP contribution in [0.15, 0.2) is 53.8 Å². The van der Waals surface area contributed by atoms with Crippen molar-refractivity contribution in [2.24, 2.45) is 12.8 Å². The number of rotatable bonds is 5. The van der Waals surface area contributed by atoms with Crippen molar-refractivity contribution >= 4 is 16.8 Å². The summed E-state index contributed by atoms with van der Waals surface area (Å²) >= 11 is 0. The van der Waals surface area contributed by atoms with E-state index in [-0.39, 0.29) is 24.1 Å². The fourth-order valence-electron chi connectivity index (χ4n) is 4.51. The topological polar surface area (TPSA) is 132 Å². The van der Waals surface area contributed by atoms with Crippen LogP contribution in [-0.4, -0.2) is 66.0 Å². The molecular formula is C26H29N7O3. The van der Waals surface area contributed by atoms with E-state index in [2.05, 4.69) is 10.1 Å². The van der Waals surface area contributed by atoms with Gasteiger partial charge in [0.15, 0.2) is 0 Å². The number of aromatic nitrogens is 5. The molecule has 10 heteroatoms. The Morgan fingerprint density at radius 2 is 1.92 bits per heavy atom. The second kappa shape index (κ2) is 9.63. The molecule has 1 aliphatic heterocycles. The third-order valence-electron chi connectivity index (χ3n) is 6.74. The highest BCUT2D eigenvalue weighted by atomic mass is 16.3. The number of likely N-dealkylation sites (tertiary alicyclic amines) is 1. The molecule has 186 valence electrons. The van der Waals surface area contributed by atoms with Crippen LogP contribution >= 0.6 is 0 Å². The molecule has 3 aromatic heterocycles. The van der Waals surface area contributed by atoms with Gasteiger partial charge in [0.1, 0.15) is 11.2 Å². The molecule has 10 nitrogen and oxygen atoms in total. The Hall–Kier alpha value is -3.89. The van der Waals surface area contributed by atoms with Crippen LogP contribution in [0.5, 0.6) is 0 Å². The second-order valence-electron chi connectivity index (χ2n) is 9.35. The summed E-state index contributed by atoms with van der Waals surface area (Å²) in [5, 5.41) is 14.2. The molecule has 0 aliphatic carbocycles. The Balaban J connectivity index is 1.58. The van der Waals surface area contributed by atoms with E-state index in [0.717, 1.165) is 24.0 Å². The first-order valence-corrected chi connectivity index (χ1v) is 12.0. The predicted molar refractivity (Wildman–Crippen MR) is 136 cm³/mol. The maximum atomic E-state index is 13.3. The second-order valence-corrected chi connectivity index (χ2v) is 9.35. The molecule has 0 unspecified atom stereocenters. The number of aliphatic hydroxyl groups excluding tert-OH is 1. The molecule has 1 fully saturated rings. The van der Waals surface area contributed by atoms with Gasteiger partial charge in [0.05, 0.1) is 36.3 Å². The predicted octanol–water partition coefficient (Wildman–Crippen LogP) is 1.98. The Morgan fingerprint density at radius 3 is 2.56 bits per heavy atom. The average molecular weight is 488 g/mol. The number of carbonyl (C=O) groups is 1. The molecule has 4 aromatic rings. The molecule has 4 heterocycles. The number of benzene rings is 1. The molecule has 0 saturated carbocycles. The number of carbonyl (C=O) groups excluding carboxylic acids is 1. The molecule has 36 heavy (non-hydrogen) atoms. The number of nitrogens with two attached hydrogens (primary N) is 1. The fraction of sp³-hybridized carbons (Fsp3) is 0.346. The minimum atomic E-state index is -0.414. The lowest BCUT2D eigenvalue weighted by atomic mass is 10.0. The van der Waals surface area contributed by atoms with E-state index in [4.69, 9.17) is 10.7 Å². The molecule has 1 aromatic carbocycles. The van der Waals surface area contributed by atoms with Crippen LogP contribution in [0.25, 0.3) is 33.4 Å². The quantitative estimate of drug-likeness (QED) is 0.440. The van der Waals surface area contributed by atoms with Gasteiger partial charge in [-0.15, -0.1) is 0 Å². The van der Waals surface area contributed by atoms with E-state index < -0.39 is 6.04 Å². The normalized spacial score (nSPS) is 15.4. The number of hydrogen-bond donors (Lipinski definition) is 2. The van der Waals surface area contributed by atoms with E-state index in [9.17, 15) is 14.7 Å². The summed E-state index contributed by atoms with van der Waals surface area (Å²) in [6.45, 7) is 2.89. The first-order chi connectivity index (χ1) is 17.4. The Morgan fingerprint density at radius 1 is 1.19 bits per heavy atom. The summed E-state index contributed by atoms with van der Waals surface area (Å²) in [5.74, 6) is -0.0129. The molecular weight excluding hydrogens is 458 g/mol. The summed E-state index contributed by atoms with van der Waals surface area (Å²) in [6, 6.07) is 8.72. The van der Waals surface area contributed by atoms with Crippen LogP contribution in [0.2, 0.25) is 0 Å². The number of hydrogen-bond acceptors (Lipinski definition) is 7. The van der Waals surface area contributed by atoms with Gasteiger partial charge >= 0.3 is 0 Å². The Labute approximate surface area is 208 Å². The molecule has 0 radical (unpaired) electrons. The van der Waals surface area contributed by atoms with Crippen molar-refractivity contribution in [2.45, 2.75) is 31.8 Å². The fourth-order valence-corrected chi connectivity index (χ4v) is 4.51. The molecule has 3 N–H and O–H groups in total. The number of amides is 1. The maximum absolute atomic E-state index is 13.3. The molecule has 1 amide bonds. The highest BCUT2D eigenvalue weighted by Crippen LogP contribution is 2.29. The van der Waals surface area contributed by atoms with Gasteiger partial charge in [0.2, 0.25) is 0 Å². The highest BCUT2D eigenvalue weighted by molar-refractivity contribution is 5.96. The van der Waals surface area contributed by atoms with Gasteiger partial charge in [-0.2, -0.15) is 5.10 Å². The van der Waals surface area contributed by atoms with Crippen LogP contribution in [0.3, 0.4) is 0 Å². The van der Waals surface area contributed by atoms with Crippen LogP contribution < -0.4 is 11.3 Å². The van der Waals surface area contributed by atoms with Crippen molar-refractivity contribution in [1.29, 1.82) is 0 Å². The zero-order valence-electron chi connectivity index (χ0n) is 20.3. The van der Waals surface area contributed by atoms with Crippen molar-refractivity contribution < 1.29 is 9.90 Å². The van der Waals surface area contributed by atoms with Gasteiger partial charge < -0.3 is 15.7 Å². The standard InChI is InChI=1S/C26H29N7O3/c1-16(14-34)33-15-28-24-21(26(33)36)11-22(30-23(24)19-12-29-31(2)13-19)17-3-5-18(6-4-17)25(35)32-9-7-20(27)8-10-32/h3-6,11-13,15-16,20,34H,7-10,14,27H2,1-2H3/t16-/m0/s1. The van der Waals surface area contributed by atoms with Crippen molar-refractivity contribution in [3.63, 3.8) is 0 Å². The molecule has 1 aliphatic rings. The van der Waals surface area contributed by atoms with Gasteiger partial charge in [-0.3, -0.25) is 18.8 Å². The summed E-state index contributed by atoms with van der Waals surface area (Å²) in [4.78, 5) is 37.5. The van der Waals surface area contributed by atoms with Crippen molar-refractivity contribution in [3.8, 4) is 22.5 Å². The smallest absolute Gasteiger partial charge is 0.261 e. The molecule has 1 saturated heterocycles. The zero-order chi connectivity index (χ0) is 25.4. The average Bonchev–Trinajstić information content (AvgIpc) is 3.34. The molecule has 0 spiro atoms. The largest absolute Gasteiger partial charge is 0.394 e. The van der Waals surface area contributed by atoms with Crippen LogP contribution in [-0.2, 0) is 7.05 Å². The van der Waals surface area contributed by atoms with Crippen molar-refractivity contribution in [2.75, 3.05) is 19.7 Å². The SMILES string of the molecule is C[C@@H](CO)n1cnc2c(-c3cnn(C)c3)nc(-c3ccc(C(=O)N4CCC(N)CC4)cc3)cc2c1=O. The number of nitrogens with zero attached hydrogens (tertiary/aromatic N) is 6. The molecule has 5 rings (SSSR count). The van der Waals surface area contributed by atoms with Gasteiger partial charge in [0.25, 0.3) is 11.5 Å². The summed E-state index contributed by atoms with van der Waals surface area (Å²) in [6.07, 6.45) is 6.56. The highest BCUT2D eigenvalue weighted by Gasteiger charge is 2.22. The number of aliphatic hydroxyl groups is 1. The third-order valence-corrected chi connectivity index (χ3v) is 6.74. The zero-order valence-corrected chi connectivity index (χ0v) is 20.3. The summed E-state index contributed by atoms with van der Waals surface area (Å²) < 4.78 is 3.09. The van der Waals surface area contributed by atoms with E-state index in [1.54, 1.807) is 36.0 Å². The van der Waals surface area contributed by atoms with Gasteiger partial charge in [-0.05, 0) is 38.0 Å². The van der Waals surface area contributed by atoms with E-state index in [1.807, 2.05) is 30.3 Å². The van der Waals surface area contributed by atoms with Crippen molar-refractivity contribution in [1.82, 2.24) is 29.2 Å². The summed E-state index contributed by atoms with van der Waals surface area (Å²) in [5.41, 5.74) is 9.40. The summed E-state index contributed by atoms with van der Waals surface area (Å²) in [7, 11) is 1.81. The van der Waals surface area contributed by atoms with E-state index in [1.165, 1.54) is 10.9 Å². The number of piperidine rings is 1. The first-order valence-electron chi connectivity index (χ1n) is 12.0. The lowest BCUT2D eigenvalue weighted by Gasteiger charge is -2.30. The van der Waals surface area contributed by atoms with Gasteiger partial charge in [-0.25, -0.2) is 9.97 Å². The number of fused-ring (bicyclic) bond motifs is 1. The van der Waals surface area contributed by atoms with E-state index in [0.29, 0.717) is 40.9 Å². The minimum Gasteiger partial charge on any atom is -0.394 e. The lowest BCUT2D eigenvalue weighted by Crippen LogP contribution is -2.42. The van der Waals surface area contributed by atoms with Crippen LogP contribution in [0, 0.1) is 0 Å². The molecule has 0 bridgehead atoms. The first kappa shape index (κ1) is 23.8. The third kappa shape index (κ3) is 4.40. The van der Waals surface area contributed by atoms with Crippen LogP contribution in [0.1, 0.15) is 36.2 Å². The maximum Gasteiger partial charge on any atom is 0.261 e. The minimum absolute atomic E-state index is 0.0129. The Bertz CT molecular complexity index is 1470. The molecule has 1 atom stereocenters. The van der Waals surface area contributed by atoms with Crippen molar-refractivity contribution in [3.05, 3.63) is 65.0 Å². The van der Waals surface area contributed by atoms with Gasteiger partial charge in [0, 0.05) is 49.1 Å². The number of pyridine rings is 1. The lowest BCUT2D eigenvalue weighted by molar-refractivity contribution is 0.0715. The van der Waals surface area contributed by atoms with Gasteiger partial charge in [-0.1, -0.05) is 12.1 Å².